The molecule has 2 heterocycles. The third-order valence-electron chi connectivity index (χ3n) is 4.82. The lowest BCUT2D eigenvalue weighted by Gasteiger charge is -2.08. The zero-order valence-electron chi connectivity index (χ0n) is 16.0. The third kappa shape index (κ3) is 3.18. The van der Waals surface area contributed by atoms with Crippen LogP contribution in [0.15, 0.2) is 58.1 Å². The maximum Gasteiger partial charge on any atom is 0.330 e. The van der Waals surface area contributed by atoms with Gasteiger partial charge in [-0.05, 0) is 30.7 Å². The minimum atomic E-state index is -0.512. The highest BCUT2D eigenvalue weighted by Gasteiger charge is 2.20. The Morgan fingerprint density at radius 2 is 1.86 bits per heavy atom. The van der Waals surface area contributed by atoms with Crippen molar-refractivity contribution in [1.29, 1.82) is 0 Å². The number of aromatic nitrogens is 4. The van der Waals surface area contributed by atoms with Crippen LogP contribution in [0.25, 0.3) is 22.6 Å². The Morgan fingerprint density at radius 3 is 2.55 bits per heavy atom. The quantitative estimate of drug-likeness (QED) is 0.543. The molecule has 0 aliphatic rings. The molecule has 0 spiro atoms. The molecule has 2 aromatic heterocycles. The number of phenols is 1. The summed E-state index contributed by atoms with van der Waals surface area (Å²) in [6.07, 6.45) is 0. The van der Waals surface area contributed by atoms with E-state index in [2.05, 4.69) is 9.97 Å². The number of aromatic hydroxyl groups is 1. The van der Waals surface area contributed by atoms with Gasteiger partial charge in [0, 0.05) is 12.1 Å². The first-order chi connectivity index (χ1) is 14.0. The highest BCUT2D eigenvalue weighted by Crippen LogP contribution is 2.32. The molecule has 2 aromatic carbocycles. The van der Waals surface area contributed by atoms with Gasteiger partial charge < -0.3 is 14.4 Å². The van der Waals surface area contributed by atoms with Crippen LogP contribution in [0.2, 0.25) is 0 Å². The standard InChI is InChI=1S/C21H20N4O4/c1-3-24-17-19(22-18(24)14-9-10-15(26)16(11-14)29-2)25(21(28)23-20(17)27)12-13-7-5-4-6-8-13/h4-11,26H,3,12H2,1-2H3,(H,23,27,28). The summed E-state index contributed by atoms with van der Waals surface area (Å²) in [5.41, 5.74) is 1.22. The molecule has 8 nitrogen and oxygen atoms in total. The number of hydrogen-bond acceptors (Lipinski definition) is 5. The summed E-state index contributed by atoms with van der Waals surface area (Å²) < 4.78 is 8.40. The van der Waals surface area contributed by atoms with E-state index < -0.39 is 11.2 Å². The summed E-state index contributed by atoms with van der Waals surface area (Å²) in [7, 11) is 1.46. The van der Waals surface area contributed by atoms with Crippen LogP contribution in [0.1, 0.15) is 12.5 Å². The average Bonchev–Trinajstić information content (AvgIpc) is 3.12. The first-order valence-electron chi connectivity index (χ1n) is 9.18. The number of aryl methyl sites for hydroxylation is 1. The van der Waals surface area contributed by atoms with Crippen LogP contribution in [0, 0.1) is 0 Å². The number of rotatable bonds is 5. The fraction of sp³-hybridized carbons (Fsp3) is 0.190. The van der Waals surface area contributed by atoms with Gasteiger partial charge in [0.25, 0.3) is 5.56 Å². The van der Waals surface area contributed by atoms with Crippen molar-refractivity contribution < 1.29 is 9.84 Å². The molecule has 8 heteroatoms. The number of H-pyrrole nitrogens is 1. The second-order valence-electron chi connectivity index (χ2n) is 6.57. The van der Waals surface area contributed by atoms with Crippen molar-refractivity contribution >= 4 is 11.2 Å². The molecule has 0 aliphatic heterocycles. The number of nitrogens with one attached hydrogen (secondary N) is 1. The van der Waals surface area contributed by atoms with E-state index in [1.807, 2.05) is 37.3 Å². The minimum Gasteiger partial charge on any atom is -0.504 e. The van der Waals surface area contributed by atoms with Crippen molar-refractivity contribution in [2.24, 2.45) is 0 Å². The zero-order valence-corrected chi connectivity index (χ0v) is 16.0. The van der Waals surface area contributed by atoms with Crippen LogP contribution in [0.3, 0.4) is 0 Å². The van der Waals surface area contributed by atoms with E-state index in [0.29, 0.717) is 34.8 Å². The molecule has 0 fully saturated rings. The summed E-state index contributed by atoms with van der Waals surface area (Å²) >= 11 is 0. The molecule has 29 heavy (non-hydrogen) atoms. The maximum absolute atomic E-state index is 12.6. The fourth-order valence-electron chi connectivity index (χ4n) is 3.43. The van der Waals surface area contributed by atoms with Gasteiger partial charge in [0.2, 0.25) is 0 Å². The number of aromatic amines is 1. The SMILES string of the molecule is CCn1c(-c2ccc(O)c(OC)c2)nc2c1c(=O)[nH]c(=O)n2Cc1ccccc1. The van der Waals surface area contributed by atoms with Gasteiger partial charge in [-0.3, -0.25) is 14.3 Å². The van der Waals surface area contributed by atoms with Crippen molar-refractivity contribution in [2.75, 3.05) is 7.11 Å². The van der Waals surface area contributed by atoms with Gasteiger partial charge in [-0.15, -0.1) is 0 Å². The van der Waals surface area contributed by atoms with Crippen molar-refractivity contribution in [3.05, 3.63) is 74.9 Å². The summed E-state index contributed by atoms with van der Waals surface area (Å²) in [5.74, 6) is 0.820. The van der Waals surface area contributed by atoms with Crippen LogP contribution >= 0.6 is 0 Å². The van der Waals surface area contributed by atoms with E-state index in [0.717, 1.165) is 5.56 Å². The van der Waals surface area contributed by atoms with Crippen LogP contribution in [-0.2, 0) is 13.1 Å². The highest BCUT2D eigenvalue weighted by molar-refractivity contribution is 5.77. The van der Waals surface area contributed by atoms with Crippen LogP contribution in [0.5, 0.6) is 11.5 Å². The van der Waals surface area contributed by atoms with E-state index in [-0.39, 0.29) is 12.3 Å². The molecule has 0 atom stereocenters. The number of nitrogens with zero attached hydrogens (tertiary/aromatic N) is 3. The number of phenolic OH excluding ortho intramolecular Hbond substituents is 1. The Labute approximate surface area is 165 Å². The third-order valence-corrected chi connectivity index (χ3v) is 4.82. The topological polar surface area (TPSA) is 102 Å². The fourth-order valence-corrected chi connectivity index (χ4v) is 3.43. The predicted octanol–water partition coefficient (Wildman–Crippen LogP) is 2.34. The van der Waals surface area contributed by atoms with Gasteiger partial charge in [-0.25, -0.2) is 9.78 Å². The maximum atomic E-state index is 12.6. The molecule has 0 unspecified atom stereocenters. The lowest BCUT2D eigenvalue weighted by Crippen LogP contribution is -2.31. The molecular formula is C21H20N4O4. The number of methoxy groups -OCH3 is 1. The van der Waals surface area contributed by atoms with E-state index in [4.69, 9.17) is 4.74 Å². The first-order valence-corrected chi connectivity index (χ1v) is 9.18. The molecule has 4 rings (SSSR count). The van der Waals surface area contributed by atoms with Gasteiger partial charge in [0.05, 0.1) is 13.7 Å². The molecular weight excluding hydrogens is 372 g/mol. The average molecular weight is 392 g/mol. The Balaban J connectivity index is 1.98. The Hall–Kier alpha value is -3.81. The number of ether oxygens (including phenoxy) is 1. The summed E-state index contributed by atoms with van der Waals surface area (Å²) in [6.45, 7) is 2.65. The smallest absolute Gasteiger partial charge is 0.330 e. The molecule has 2 N–H and O–H groups in total. The number of benzene rings is 2. The molecule has 0 saturated heterocycles. The zero-order chi connectivity index (χ0) is 20.5. The summed E-state index contributed by atoms with van der Waals surface area (Å²) in [6, 6.07) is 14.4. The number of hydrogen-bond donors (Lipinski definition) is 2. The Bertz CT molecular complexity index is 1300. The molecule has 148 valence electrons. The predicted molar refractivity (Wildman–Crippen MR) is 109 cm³/mol. The number of imidazole rings is 1. The lowest BCUT2D eigenvalue weighted by atomic mass is 10.2. The molecule has 0 aliphatic carbocycles. The first kappa shape index (κ1) is 18.5. The van der Waals surface area contributed by atoms with Crippen LogP contribution < -0.4 is 16.0 Å². The summed E-state index contributed by atoms with van der Waals surface area (Å²) in [4.78, 5) is 32.2. The van der Waals surface area contributed by atoms with Crippen molar-refractivity contribution in [3.63, 3.8) is 0 Å². The van der Waals surface area contributed by atoms with E-state index in [1.165, 1.54) is 17.7 Å². The minimum absolute atomic E-state index is 0.00856. The largest absolute Gasteiger partial charge is 0.504 e. The molecule has 0 radical (unpaired) electrons. The Kier molecular flexibility index (Phi) is 4.67. The summed E-state index contributed by atoms with van der Waals surface area (Å²) in [5, 5.41) is 9.88. The number of fused-ring (bicyclic) bond motifs is 1. The molecule has 4 aromatic rings. The molecule has 0 saturated carbocycles. The van der Waals surface area contributed by atoms with Crippen molar-refractivity contribution in [2.45, 2.75) is 20.0 Å². The van der Waals surface area contributed by atoms with Crippen molar-refractivity contribution in [1.82, 2.24) is 19.1 Å². The monoisotopic (exact) mass is 392 g/mol. The molecule has 0 bridgehead atoms. The second-order valence-corrected chi connectivity index (χ2v) is 6.57. The van der Waals surface area contributed by atoms with Gasteiger partial charge in [0.15, 0.2) is 22.7 Å². The van der Waals surface area contributed by atoms with Crippen molar-refractivity contribution in [3.8, 4) is 22.9 Å². The van der Waals surface area contributed by atoms with E-state index in [9.17, 15) is 14.7 Å². The second kappa shape index (κ2) is 7.31. The van der Waals surface area contributed by atoms with Gasteiger partial charge in [0.1, 0.15) is 5.82 Å². The van der Waals surface area contributed by atoms with Crippen LogP contribution in [-0.4, -0.2) is 31.3 Å². The van der Waals surface area contributed by atoms with Gasteiger partial charge in [-0.2, -0.15) is 0 Å². The highest BCUT2D eigenvalue weighted by atomic mass is 16.5. The van der Waals surface area contributed by atoms with E-state index >= 15 is 0 Å². The van der Waals surface area contributed by atoms with Gasteiger partial charge in [-0.1, -0.05) is 30.3 Å². The Morgan fingerprint density at radius 1 is 1.10 bits per heavy atom. The lowest BCUT2D eigenvalue weighted by molar-refractivity contribution is 0.373. The van der Waals surface area contributed by atoms with E-state index in [1.54, 1.807) is 16.7 Å². The molecule has 0 amide bonds. The van der Waals surface area contributed by atoms with Crippen LogP contribution in [0.4, 0.5) is 0 Å². The van der Waals surface area contributed by atoms with Gasteiger partial charge >= 0.3 is 5.69 Å². The normalized spacial score (nSPS) is 11.1.